The van der Waals surface area contributed by atoms with Gasteiger partial charge in [-0.05, 0) is 40.6 Å². The molecular formula is C18H20Cl2N2O3S. The molecule has 3 rings (SSSR count). The Morgan fingerprint density at radius 3 is 2.81 bits per heavy atom. The highest BCUT2D eigenvalue weighted by Gasteiger charge is 2.23. The van der Waals surface area contributed by atoms with Gasteiger partial charge in [-0.1, -0.05) is 23.2 Å². The molecule has 0 saturated carbocycles. The maximum Gasteiger partial charge on any atom is 0.258 e. The molecule has 1 fully saturated rings. The van der Waals surface area contributed by atoms with E-state index in [4.69, 9.17) is 32.7 Å². The van der Waals surface area contributed by atoms with Gasteiger partial charge in [0.25, 0.3) is 5.91 Å². The van der Waals surface area contributed by atoms with Crippen molar-refractivity contribution >= 4 is 40.4 Å². The van der Waals surface area contributed by atoms with Gasteiger partial charge in [-0.2, -0.15) is 11.3 Å². The third-order valence-corrected chi connectivity index (χ3v) is 5.39. The molecule has 2 aromatic rings. The lowest BCUT2D eigenvalue weighted by atomic mass is 10.1. The van der Waals surface area contributed by atoms with Crippen molar-refractivity contribution in [1.29, 1.82) is 0 Å². The second kappa shape index (κ2) is 9.58. The van der Waals surface area contributed by atoms with Gasteiger partial charge in [-0.25, -0.2) is 0 Å². The van der Waals surface area contributed by atoms with Crippen LogP contribution in [0.3, 0.4) is 0 Å². The first-order chi connectivity index (χ1) is 12.6. The van der Waals surface area contributed by atoms with E-state index < -0.39 is 0 Å². The van der Waals surface area contributed by atoms with Crippen molar-refractivity contribution in [2.45, 2.75) is 6.04 Å². The van der Waals surface area contributed by atoms with E-state index in [1.54, 1.807) is 29.5 Å². The number of ether oxygens (including phenoxy) is 2. The van der Waals surface area contributed by atoms with Gasteiger partial charge in [0, 0.05) is 24.7 Å². The van der Waals surface area contributed by atoms with Crippen molar-refractivity contribution in [3.8, 4) is 5.75 Å². The number of benzene rings is 1. The Morgan fingerprint density at radius 1 is 1.31 bits per heavy atom. The van der Waals surface area contributed by atoms with Crippen LogP contribution in [0.1, 0.15) is 11.6 Å². The SMILES string of the molecule is O=C(COc1ccc(Cl)cc1Cl)NCC(c1ccsc1)N1CCOCC1. The Kier molecular flexibility index (Phi) is 7.16. The van der Waals surface area contributed by atoms with Crippen LogP contribution in [-0.2, 0) is 9.53 Å². The quantitative estimate of drug-likeness (QED) is 0.751. The predicted molar refractivity (Wildman–Crippen MR) is 104 cm³/mol. The number of nitrogens with zero attached hydrogens (tertiary/aromatic N) is 1. The summed E-state index contributed by atoms with van der Waals surface area (Å²) in [5.74, 6) is 0.248. The average Bonchev–Trinajstić information content (AvgIpc) is 3.16. The Labute approximate surface area is 166 Å². The van der Waals surface area contributed by atoms with E-state index in [9.17, 15) is 4.79 Å². The number of nitrogens with one attached hydrogen (secondary N) is 1. The van der Waals surface area contributed by atoms with Gasteiger partial charge < -0.3 is 14.8 Å². The van der Waals surface area contributed by atoms with Crippen LogP contribution in [0.2, 0.25) is 10.0 Å². The van der Waals surface area contributed by atoms with Crippen LogP contribution in [0, 0.1) is 0 Å². The first kappa shape index (κ1) is 19.5. The van der Waals surface area contributed by atoms with Gasteiger partial charge in [-0.3, -0.25) is 9.69 Å². The number of carbonyl (C=O) groups excluding carboxylic acids is 1. The zero-order valence-electron chi connectivity index (χ0n) is 14.1. The molecule has 0 radical (unpaired) electrons. The summed E-state index contributed by atoms with van der Waals surface area (Å²) in [5.41, 5.74) is 1.21. The summed E-state index contributed by atoms with van der Waals surface area (Å²) in [5, 5.41) is 8.04. The van der Waals surface area contributed by atoms with E-state index in [0.717, 1.165) is 13.1 Å². The third kappa shape index (κ3) is 5.34. The molecule has 26 heavy (non-hydrogen) atoms. The highest BCUT2D eigenvalue weighted by molar-refractivity contribution is 7.08. The highest BCUT2D eigenvalue weighted by atomic mass is 35.5. The molecule has 0 aliphatic carbocycles. The minimum atomic E-state index is -0.190. The van der Waals surface area contributed by atoms with Gasteiger partial charge in [0.05, 0.1) is 24.3 Å². The molecule has 1 atom stereocenters. The molecule has 8 heteroatoms. The fourth-order valence-electron chi connectivity index (χ4n) is 2.81. The number of carbonyl (C=O) groups is 1. The Hall–Kier alpha value is -1.31. The number of thiophene rings is 1. The largest absolute Gasteiger partial charge is 0.482 e. The molecule has 2 heterocycles. The fraction of sp³-hybridized carbons (Fsp3) is 0.389. The molecule has 140 valence electrons. The normalized spacial score (nSPS) is 16.2. The third-order valence-electron chi connectivity index (χ3n) is 4.16. The summed E-state index contributed by atoms with van der Waals surface area (Å²) in [6.45, 7) is 3.56. The number of halogens is 2. The van der Waals surface area contributed by atoms with E-state index in [2.05, 4.69) is 27.0 Å². The van der Waals surface area contributed by atoms with Gasteiger partial charge in [0.1, 0.15) is 5.75 Å². The van der Waals surface area contributed by atoms with Crippen molar-refractivity contribution in [1.82, 2.24) is 10.2 Å². The van der Waals surface area contributed by atoms with Crippen LogP contribution in [0.4, 0.5) is 0 Å². The molecule has 1 N–H and O–H groups in total. The number of rotatable bonds is 7. The topological polar surface area (TPSA) is 50.8 Å². The lowest BCUT2D eigenvalue weighted by Crippen LogP contribution is -2.44. The summed E-state index contributed by atoms with van der Waals surface area (Å²) in [6, 6.07) is 7.14. The molecule has 1 aliphatic rings. The molecule has 1 aliphatic heterocycles. The minimum absolute atomic E-state index is 0.0964. The van der Waals surface area contributed by atoms with Crippen LogP contribution in [0.5, 0.6) is 5.75 Å². The summed E-state index contributed by atoms with van der Waals surface area (Å²) in [4.78, 5) is 14.5. The van der Waals surface area contributed by atoms with E-state index in [0.29, 0.717) is 35.6 Å². The van der Waals surface area contributed by atoms with Crippen LogP contribution in [0.25, 0.3) is 0 Å². The van der Waals surface area contributed by atoms with Gasteiger partial charge in [0.15, 0.2) is 6.61 Å². The second-order valence-electron chi connectivity index (χ2n) is 5.89. The summed E-state index contributed by atoms with van der Waals surface area (Å²) in [7, 11) is 0. The van der Waals surface area contributed by atoms with Gasteiger partial charge in [0.2, 0.25) is 0 Å². The molecule has 1 saturated heterocycles. The molecular weight excluding hydrogens is 395 g/mol. The Balaban J connectivity index is 1.53. The lowest BCUT2D eigenvalue weighted by Gasteiger charge is -2.34. The smallest absolute Gasteiger partial charge is 0.258 e. The Morgan fingerprint density at radius 2 is 2.12 bits per heavy atom. The Bertz CT molecular complexity index is 721. The van der Waals surface area contributed by atoms with Crippen molar-refractivity contribution in [2.24, 2.45) is 0 Å². The van der Waals surface area contributed by atoms with Crippen molar-refractivity contribution < 1.29 is 14.3 Å². The van der Waals surface area contributed by atoms with Crippen molar-refractivity contribution in [3.05, 3.63) is 50.6 Å². The molecule has 0 bridgehead atoms. The molecule has 1 aromatic heterocycles. The summed E-state index contributed by atoms with van der Waals surface area (Å²) in [6.07, 6.45) is 0. The van der Waals surface area contributed by atoms with E-state index in [-0.39, 0.29) is 18.6 Å². The van der Waals surface area contributed by atoms with E-state index in [1.807, 2.05) is 0 Å². The molecule has 1 unspecified atom stereocenters. The molecule has 0 spiro atoms. The van der Waals surface area contributed by atoms with E-state index >= 15 is 0 Å². The number of hydrogen-bond acceptors (Lipinski definition) is 5. The molecule has 1 aromatic carbocycles. The fourth-order valence-corrected chi connectivity index (χ4v) is 3.98. The van der Waals surface area contributed by atoms with Crippen molar-refractivity contribution in [3.63, 3.8) is 0 Å². The van der Waals surface area contributed by atoms with Crippen LogP contribution in [-0.4, -0.2) is 50.3 Å². The zero-order valence-corrected chi connectivity index (χ0v) is 16.4. The molecule has 1 amide bonds. The maximum atomic E-state index is 12.2. The average molecular weight is 415 g/mol. The lowest BCUT2D eigenvalue weighted by molar-refractivity contribution is -0.123. The minimum Gasteiger partial charge on any atom is -0.482 e. The van der Waals surface area contributed by atoms with Gasteiger partial charge in [-0.15, -0.1) is 0 Å². The van der Waals surface area contributed by atoms with E-state index in [1.165, 1.54) is 5.56 Å². The van der Waals surface area contributed by atoms with Crippen LogP contribution >= 0.6 is 34.5 Å². The summed E-state index contributed by atoms with van der Waals surface area (Å²) >= 11 is 13.6. The van der Waals surface area contributed by atoms with Crippen molar-refractivity contribution in [2.75, 3.05) is 39.5 Å². The standard InChI is InChI=1S/C18H20Cl2N2O3S/c19-14-1-2-17(15(20)9-14)25-11-18(23)21-10-16(13-3-8-26-12-13)22-4-6-24-7-5-22/h1-3,8-9,12,16H,4-7,10-11H2,(H,21,23). The zero-order chi connectivity index (χ0) is 18.4. The van der Waals surface area contributed by atoms with Gasteiger partial charge >= 0.3 is 0 Å². The first-order valence-corrected chi connectivity index (χ1v) is 10.0. The predicted octanol–water partition coefficient (Wildman–Crippen LogP) is 3.62. The molecule has 5 nitrogen and oxygen atoms in total. The first-order valence-electron chi connectivity index (χ1n) is 8.32. The summed E-state index contributed by atoms with van der Waals surface area (Å²) < 4.78 is 10.9. The van der Waals surface area contributed by atoms with Crippen LogP contribution in [0.15, 0.2) is 35.0 Å². The monoisotopic (exact) mass is 414 g/mol. The highest BCUT2D eigenvalue weighted by Crippen LogP contribution is 2.27. The maximum absolute atomic E-state index is 12.2. The second-order valence-corrected chi connectivity index (χ2v) is 7.51. The number of morpholine rings is 1. The number of hydrogen-bond donors (Lipinski definition) is 1. The van der Waals surface area contributed by atoms with Crippen LogP contribution < -0.4 is 10.1 Å². The number of amides is 1.